The highest BCUT2D eigenvalue weighted by Crippen LogP contribution is 2.32. The van der Waals surface area contributed by atoms with Gasteiger partial charge in [0.05, 0.1) is 15.5 Å². The molecule has 1 fully saturated rings. The van der Waals surface area contributed by atoms with Crippen molar-refractivity contribution in [3.63, 3.8) is 0 Å². The topological polar surface area (TPSA) is 95.9 Å². The summed E-state index contributed by atoms with van der Waals surface area (Å²) in [7, 11) is 0. The predicted octanol–water partition coefficient (Wildman–Crippen LogP) is 4.78. The van der Waals surface area contributed by atoms with Crippen LogP contribution in [0.4, 0.5) is 0 Å². The Hall–Kier alpha value is -2.59. The number of carbonyl (C=O) groups is 3. The lowest BCUT2D eigenvalue weighted by Crippen LogP contribution is -2.44. The van der Waals surface area contributed by atoms with Crippen LogP contribution < -0.4 is 10.2 Å². The van der Waals surface area contributed by atoms with Crippen molar-refractivity contribution in [3.8, 4) is 5.75 Å². The molecule has 0 radical (unpaired) electrons. The van der Waals surface area contributed by atoms with Gasteiger partial charge in [-0.05, 0) is 60.6 Å². The van der Waals surface area contributed by atoms with Gasteiger partial charge in [0.25, 0.3) is 11.8 Å². The van der Waals surface area contributed by atoms with Crippen LogP contribution in [0.15, 0.2) is 47.4 Å². The van der Waals surface area contributed by atoms with E-state index < -0.39 is 23.9 Å². The number of rotatable bonds is 7. The molecule has 0 aliphatic carbocycles. The lowest BCUT2D eigenvalue weighted by atomic mass is 10.2. The van der Waals surface area contributed by atoms with Crippen molar-refractivity contribution in [2.24, 2.45) is 0 Å². The molecule has 32 heavy (non-hydrogen) atoms. The SMILES string of the molecule is CCC(Oc1ccc(/C=C2/SC(=S)N(NC(=O)c3ccc(Cl)cc3Cl)C2=O)cc1)C(=O)O. The van der Waals surface area contributed by atoms with Crippen LogP contribution in [-0.4, -0.2) is 38.3 Å². The van der Waals surface area contributed by atoms with E-state index in [0.717, 1.165) is 16.8 Å². The molecule has 0 bridgehead atoms. The summed E-state index contributed by atoms with van der Waals surface area (Å²) in [6, 6.07) is 11.0. The number of hydrazine groups is 1. The molecule has 166 valence electrons. The minimum atomic E-state index is -1.04. The number of amides is 2. The molecule has 1 aliphatic heterocycles. The zero-order valence-electron chi connectivity index (χ0n) is 16.5. The average Bonchev–Trinajstić information content (AvgIpc) is 3.00. The summed E-state index contributed by atoms with van der Waals surface area (Å²) in [5.74, 6) is -1.73. The molecular weight excluding hydrogens is 495 g/mol. The highest BCUT2D eigenvalue weighted by atomic mass is 35.5. The number of hydrogen-bond acceptors (Lipinski definition) is 6. The third kappa shape index (κ3) is 5.60. The van der Waals surface area contributed by atoms with Crippen molar-refractivity contribution in [1.82, 2.24) is 10.4 Å². The van der Waals surface area contributed by atoms with Gasteiger partial charge in [0, 0.05) is 5.02 Å². The maximum atomic E-state index is 12.7. The van der Waals surface area contributed by atoms with Crippen LogP contribution in [0.3, 0.4) is 0 Å². The van der Waals surface area contributed by atoms with Crippen molar-refractivity contribution in [3.05, 3.63) is 68.5 Å². The fourth-order valence-electron chi connectivity index (χ4n) is 2.67. The van der Waals surface area contributed by atoms with Gasteiger partial charge in [0.2, 0.25) is 0 Å². The Morgan fingerprint density at radius 3 is 2.53 bits per heavy atom. The number of thiocarbonyl (C=S) groups is 1. The van der Waals surface area contributed by atoms with Gasteiger partial charge in [0.15, 0.2) is 10.4 Å². The highest BCUT2D eigenvalue weighted by molar-refractivity contribution is 8.26. The summed E-state index contributed by atoms with van der Waals surface area (Å²) >= 11 is 18.1. The number of hydrogen-bond donors (Lipinski definition) is 2. The van der Waals surface area contributed by atoms with E-state index in [1.807, 2.05) is 0 Å². The molecule has 0 saturated carbocycles. The van der Waals surface area contributed by atoms with Gasteiger partial charge in [-0.3, -0.25) is 15.0 Å². The number of nitrogens with one attached hydrogen (secondary N) is 1. The first-order valence-corrected chi connectivity index (χ1v) is 11.2. The Bertz CT molecular complexity index is 1120. The van der Waals surface area contributed by atoms with E-state index in [-0.39, 0.29) is 14.9 Å². The molecule has 11 heteroatoms. The minimum absolute atomic E-state index is 0.145. The number of carboxylic acid groups (broad SMARTS) is 1. The Balaban J connectivity index is 1.71. The molecular formula is C21H16Cl2N2O5S2. The summed E-state index contributed by atoms with van der Waals surface area (Å²) in [6.45, 7) is 1.72. The van der Waals surface area contributed by atoms with Crippen LogP contribution in [0.1, 0.15) is 29.3 Å². The first-order valence-electron chi connectivity index (χ1n) is 9.23. The summed E-state index contributed by atoms with van der Waals surface area (Å²) in [4.78, 5) is 36.7. The fraction of sp³-hybridized carbons (Fsp3) is 0.143. The van der Waals surface area contributed by atoms with Crippen LogP contribution in [0.2, 0.25) is 10.0 Å². The molecule has 2 aromatic rings. The van der Waals surface area contributed by atoms with E-state index in [9.17, 15) is 14.4 Å². The summed E-state index contributed by atoms with van der Waals surface area (Å²) in [6.07, 6.45) is 1.00. The van der Waals surface area contributed by atoms with E-state index in [2.05, 4.69) is 5.43 Å². The van der Waals surface area contributed by atoms with Gasteiger partial charge < -0.3 is 9.84 Å². The van der Waals surface area contributed by atoms with Crippen molar-refractivity contribution in [1.29, 1.82) is 0 Å². The number of carbonyl (C=O) groups excluding carboxylic acids is 2. The molecule has 3 rings (SSSR count). The van der Waals surface area contributed by atoms with Gasteiger partial charge in [-0.2, -0.15) is 5.01 Å². The number of nitrogens with zero attached hydrogens (tertiary/aromatic N) is 1. The maximum absolute atomic E-state index is 12.7. The van der Waals surface area contributed by atoms with Crippen LogP contribution in [0, 0.1) is 0 Å². The van der Waals surface area contributed by atoms with E-state index in [1.54, 1.807) is 37.3 Å². The molecule has 7 nitrogen and oxygen atoms in total. The molecule has 0 aromatic heterocycles. The zero-order valence-corrected chi connectivity index (χ0v) is 19.6. The predicted molar refractivity (Wildman–Crippen MR) is 128 cm³/mol. The average molecular weight is 511 g/mol. The number of thioether (sulfide) groups is 1. The molecule has 1 aliphatic rings. The Labute approximate surface area is 203 Å². The zero-order chi connectivity index (χ0) is 23.4. The molecule has 1 heterocycles. The van der Waals surface area contributed by atoms with Crippen LogP contribution in [-0.2, 0) is 9.59 Å². The smallest absolute Gasteiger partial charge is 0.344 e. The summed E-state index contributed by atoms with van der Waals surface area (Å²) in [5, 5.41) is 10.6. The third-order valence-electron chi connectivity index (χ3n) is 4.29. The van der Waals surface area contributed by atoms with Crippen LogP contribution >= 0.6 is 47.2 Å². The molecule has 2 N–H and O–H groups in total. The second-order valence-corrected chi connectivity index (χ2v) is 9.02. The number of halogens is 2. The molecule has 0 spiro atoms. The summed E-state index contributed by atoms with van der Waals surface area (Å²) < 4.78 is 5.58. The Morgan fingerprint density at radius 1 is 1.25 bits per heavy atom. The number of benzene rings is 2. The molecule has 2 amide bonds. The standard InChI is InChI=1S/C21H16Cl2N2O5S2/c1-2-16(20(28)29)30-13-6-3-11(4-7-13)9-17-19(27)25(21(31)32-17)24-18(26)14-8-5-12(22)10-15(14)23/h3-10,16H,2H2,1H3,(H,24,26)(H,28,29)/b17-9+. The molecule has 1 unspecified atom stereocenters. The largest absolute Gasteiger partial charge is 0.479 e. The third-order valence-corrected chi connectivity index (χ3v) is 6.14. The second-order valence-electron chi connectivity index (χ2n) is 6.50. The Kier molecular flexibility index (Phi) is 7.78. The Morgan fingerprint density at radius 2 is 1.94 bits per heavy atom. The summed E-state index contributed by atoms with van der Waals surface area (Å²) in [5.41, 5.74) is 3.28. The van der Waals surface area contributed by atoms with E-state index in [4.69, 9.17) is 45.3 Å². The van der Waals surface area contributed by atoms with Crippen molar-refractivity contribution in [2.75, 3.05) is 0 Å². The van der Waals surface area contributed by atoms with E-state index in [0.29, 0.717) is 27.7 Å². The lowest BCUT2D eigenvalue weighted by Gasteiger charge is -2.16. The van der Waals surface area contributed by atoms with Gasteiger partial charge in [-0.1, -0.05) is 54.0 Å². The number of ether oxygens (including phenoxy) is 1. The van der Waals surface area contributed by atoms with Gasteiger partial charge in [-0.25, -0.2) is 4.79 Å². The quantitative estimate of drug-likeness (QED) is 0.408. The van der Waals surface area contributed by atoms with Gasteiger partial charge >= 0.3 is 5.97 Å². The van der Waals surface area contributed by atoms with Crippen molar-refractivity contribution < 1.29 is 24.2 Å². The second kappa shape index (κ2) is 10.4. The van der Waals surface area contributed by atoms with Crippen LogP contribution in [0.25, 0.3) is 6.08 Å². The van der Waals surface area contributed by atoms with Crippen LogP contribution in [0.5, 0.6) is 5.75 Å². The van der Waals surface area contributed by atoms with Crippen molar-refractivity contribution >= 4 is 75.4 Å². The molecule has 2 aromatic carbocycles. The van der Waals surface area contributed by atoms with Crippen molar-refractivity contribution in [2.45, 2.75) is 19.4 Å². The van der Waals surface area contributed by atoms with Gasteiger partial charge in [-0.15, -0.1) is 0 Å². The molecule has 1 atom stereocenters. The molecule has 1 saturated heterocycles. The maximum Gasteiger partial charge on any atom is 0.344 e. The highest BCUT2D eigenvalue weighted by Gasteiger charge is 2.34. The first-order chi connectivity index (χ1) is 15.2. The normalized spacial score (nSPS) is 15.7. The number of carboxylic acids is 1. The van der Waals surface area contributed by atoms with E-state index in [1.165, 1.54) is 18.2 Å². The lowest BCUT2D eigenvalue weighted by molar-refractivity contribution is -0.145. The first kappa shape index (κ1) is 24.1. The fourth-order valence-corrected chi connectivity index (χ4v) is 4.34. The monoisotopic (exact) mass is 510 g/mol. The van der Waals surface area contributed by atoms with E-state index >= 15 is 0 Å². The van der Waals surface area contributed by atoms with Gasteiger partial charge in [0.1, 0.15) is 5.75 Å². The minimum Gasteiger partial charge on any atom is -0.479 e. The number of aliphatic carboxylic acids is 1.